The van der Waals surface area contributed by atoms with Crippen LogP contribution in [0.25, 0.3) is 0 Å². The van der Waals surface area contributed by atoms with Crippen molar-refractivity contribution in [1.82, 2.24) is 10.2 Å². The smallest absolute Gasteiger partial charge is 0.246 e. The summed E-state index contributed by atoms with van der Waals surface area (Å²) in [6.07, 6.45) is 4.17. The van der Waals surface area contributed by atoms with Crippen molar-refractivity contribution in [1.29, 1.82) is 0 Å². The molecule has 2 amide bonds. The van der Waals surface area contributed by atoms with Crippen molar-refractivity contribution in [2.45, 2.75) is 57.4 Å². The van der Waals surface area contributed by atoms with Gasteiger partial charge >= 0.3 is 0 Å². The number of carbonyl (C=O) groups excluding carboxylic acids is 2. The third kappa shape index (κ3) is 3.13. The maximum absolute atomic E-state index is 12.8. The standard InChI is InChI=1S/C15H26N2O2S/c1-9(2)12-13(18)16-11(10-6-7-10)14(19)17(12)8-15(3,4)20-5/h9-12H,6-8H2,1-5H3,(H,16,18). The summed E-state index contributed by atoms with van der Waals surface area (Å²) in [5, 5.41) is 2.96. The fraction of sp³-hybridized carbons (Fsp3) is 0.867. The van der Waals surface area contributed by atoms with Gasteiger partial charge in [-0.15, -0.1) is 0 Å². The zero-order valence-electron chi connectivity index (χ0n) is 13.1. The molecule has 1 saturated carbocycles. The first-order chi connectivity index (χ1) is 9.26. The predicted molar refractivity (Wildman–Crippen MR) is 82.6 cm³/mol. The Morgan fingerprint density at radius 3 is 2.40 bits per heavy atom. The van der Waals surface area contributed by atoms with Crippen LogP contribution in [0.1, 0.15) is 40.5 Å². The molecule has 0 radical (unpaired) electrons. The molecular weight excluding hydrogens is 272 g/mol. The van der Waals surface area contributed by atoms with E-state index >= 15 is 0 Å². The number of piperazine rings is 1. The third-order valence-electron chi connectivity index (χ3n) is 4.28. The minimum atomic E-state index is -0.330. The molecule has 0 aromatic carbocycles. The molecule has 1 aliphatic carbocycles. The van der Waals surface area contributed by atoms with E-state index in [1.807, 2.05) is 18.7 Å². The predicted octanol–water partition coefficient (Wildman–Crippen LogP) is 1.89. The van der Waals surface area contributed by atoms with Crippen LogP contribution in [0, 0.1) is 11.8 Å². The van der Waals surface area contributed by atoms with Gasteiger partial charge in [-0.3, -0.25) is 9.59 Å². The van der Waals surface area contributed by atoms with E-state index in [0.717, 1.165) is 12.8 Å². The molecule has 2 unspecified atom stereocenters. The van der Waals surface area contributed by atoms with E-state index in [-0.39, 0.29) is 34.6 Å². The Bertz CT molecular complexity index is 405. The molecule has 2 atom stereocenters. The van der Waals surface area contributed by atoms with Gasteiger partial charge in [-0.25, -0.2) is 0 Å². The lowest BCUT2D eigenvalue weighted by molar-refractivity contribution is -0.152. The molecule has 1 saturated heterocycles. The summed E-state index contributed by atoms with van der Waals surface area (Å²) in [5.41, 5.74) is 0. The summed E-state index contributed by atoms with van der Waals surface area (Å²) < 4.78 is -0.0332. The van der Waals surface area contributed by atoms with Crippen molar-refractivity contribution in [2.75, 3.05) is 12.8 Å². The van der Waals surface area contributed by atoms with Crippen LogP contribution in [-0.2, 0) is 9.59 Å². The highest BCUT2D eigenvalue weighted by Gasteiger charge is 2.48. The number of thioether (sulfide) groups is 1. The summed E-state index contributed by atoms with van der Waals surface area (Å²) in [5.74, 6) is 0.637. The highest BCUT2D eigenvalue weighted by atomic mass is 32.2. The van der Waals surface area contributed by atoms with Gasteiger partial charge in [-0.1, -0.05) is 13.8 Å². The number of carbonyl (C=O) groups is 2. The summed E-state index contributed by atoms with van der Waals surface area (Å²) in [6.45, 7) is 8.90. The van der Waals surface area contributed by atoms with Crippen LogP contribution < -0.4 is 5.32 Å². The van der Waals surface area contributed by atoms with Crippen LogP contribution in [0.5, 0.6) is 0 Å². The normalized spacial score (nSPS) is 28.0. The Labute approximate surface area is 126 Å². The number of hydrogen-bond acceptors (Lipinski definition) is 3. The van der Waals surface area contributed by atoms with Gasteiger partial charge in [0.25, 0.3) is 0 Å². The first-order valence-electron chi connectivity index (χ1n) is 7.43. The van der Waals surface area contributed by atoms with E-state index in [2.05, 4.69) is 25.4 Å². The van der Waals surface area contributed by atoms with Crippen LogP contribution in [0.2, 0.25) is 0 Å². The molecule has 1 N–H and O–H groups in total. The van der Waals surface area contributed by atoms with Crippen molar-refractivity contribution < 1.29 is 9.59 Å². The van der Waals surface area contributed by atoms with E-state index in [4.69, 9.17) is 0 Å². The highest BCUT2D eigenvalue weighted by Crippen LogP contribution is 2.36. The molecular formula is C15H26N2O2S. The number of nitrogens with zero attached hydrogens (tertiary/aromatic N) is 1. The van der Waals surface area contributed by atoms with Gasteiger partial charge in [-0.2, -0.15) is 11.8 Å². The highest BCUT2D eigenvalue weighted by molar-refractivity contribution is 7.99. The van der Waals surface area contributed by atoms with Crippen LogP contribution in [0.3, 0.4) is 0 Å². The average molecular weight is 298 g/mol. The lowest BCUT2D eigenvalue weighted by Gasteiger charge is -2.44. The Kier molecular flexibility index (Phi) is 4.38. The second kappa shape index (κ2) is 5.58. The first-order valence-corrected chi connectivity index (χ1v) is 8.65. The Morgan fingerprint density at radius 1 is 1.35 bits per heavy atom. The molecule has 20 heavy (non-hydrogen) atoms. The fourth-order valence-electron chi connectivity index (χ4n) is 2.82. The third-order valence-corrected chi connectivity index (χ3v) is 5.51. The van der Waals surface area contributed by atoms with Crippen LogP contribution >= 0.6 is 11.8 Å². The summed E-state index contributed by atoms with van der Waals surface area (Å²) in [6, 6.07) is -0.612. The molecule has 0 bridgehead atoms. The van der Waals surface area contributed by atoms with Crippen LogP contribution in [0.4, 0.5) is 0 Å². The van der Waals surface area contributed by atoms with E-state index in [0.29, 0.717) is 12.5 Å². The monoisotopic (exact) mass is 298 g/mol. The molecule has 2 fully saturated rings. The zero-order chi connectivity index (χ0) is 15.1. The van der Waals surface area contributed by atoms with E-state index < -0.39 is 0 Å². The minimum absolute atomic E-state index is 0.0217. The average Bonchev–Trinajstić information content (AvgIpc) is 3.16. The molecule has 2 rings (SSSR count). The molecule has 114 valence electrons. The SMILES string of the molecule is CSC(C)(C)CN1C(=O)C(C2CC2)NC(=O)C1C(C)C. The number of hydrogen-bond donors (Lipinski definition) is 1. The lowest BCUT2D eigenvalue weighted by Crippen LogP contribution is -2.66. The Hall–Kier alpha value is -0.710. The van der Waals surface area contributed by atoms with Gasteiger partial charge in [0.05, 0.1) is 0 Å². The van der Waals surface area contributed by atoms with Crippen LogP contribution in [0.15, 0.2) is 0 Å². The van der Waals surface area contributed by atoms with Crippen molar-refractivity contribution >= 4 is 23.6 Å². The summed E-state index contributed by atoms with van der Waals surface area (Å²) >= 11 is 1.74. The number of rotatable bonds is 5. The minimum Gasteiger partial charge on any atom is -0.342 e. The van der Waals surface area contributed by atoms with Gasteiger partial charge in [0, 0.05) is 11.3 Å². The summed E-state index contributed by atoms with van der Waals surface area (Å²) in [7, 11) is 0. The second-order valence-electron chi connectivity index (χ2n) is 6.94. The van der Waals surface area contributed by atoms with Gasteiger partial charge in [0.15, 0.2) is 0 Å². The Balaban J connectivity index is 2.23. The molecule has 0 spiro atoms. The van der Waals surface area contributed by atoms with Crippen molar-refractivity contribution in [3.63, 3.8) is 0 Å². The largest absolute Gasteiger partial charge is 0.342 e. The quantitative estimate of drug-likeness (QED) is 0.843. The molecule has 0 aromatic heterocycles. The Morgan fingerprint density at radius 2 is 1.95 bits per heavy atom. The number of nitrogens with one attached hydrogen (secondary N) is 1. The van der Waals surface area contributed by atoms with E-state index in [9.17, 15) is 9.59 Å². The maximum atomic E-state index is 12.8. The molecule has 1 aliphatic heterocycles. The van der Waals surface area contributed by atoms with Crippen molar-refractivity contribution in [2.24, 2.45) is 11.8 Å². The van der Waals surface area contributed by atoms with Crippen molar-refractivity contribution in [3.05, 3.63) is 0 Å². The fourth-order valence-corrected chi connectivity index (χ4v) is 3.09. The van der Waals surface area contributed by atoms with Crippen molar-refractivity contribution in [3.8, 4) is 0 Å². The zero-order valence-corrected chi connectivity index (χ0v) is 13.9. The second-order valence-corrected chi connectivity index (χ2v) is 8.46. The van der Waals surface area contributed by atoms with Crippen LogP contribution in [-0.4, -0.2) is 46.3 Å². The number of amides is 2. The van der Waals surface area contributed by atoms with E-state index in [1.165, 1.54) is 0 Å². The molecule has 1 heterocycles. The molecule has 2 aliphatic rings. The maximum Gasteiger partial charge on any atom is 0.246 e. The van der Waals surface area contributed by atoms with E-state index in [1.54, 1.807) is 11.8 Å². The molecule has 0 aromatic rings. The van der Waals surface area contributed by atoms with Gasteiger partial charge in [0.2, 0.25) is 11.8 Å². The molecule has 5 heteroatoms. The lowest BCUT2D eigenvalue weighted by atomic mass is 9.94. The van der Waals surface area contributed by atoms with Gasteiger partial charge < -0.3 is 10.2 Å². The summed E-state index contributed by atoms with van der Waals surface area (Å²) in [4.78, 5) is 27.0. The topological polar surface area (TPSA) is 49.4 Å². The van der Waals surface area contributed by atoms with Gasteiger partial charge in [0.1, 0.15) is 12.1 Å². The van der Waals surface area contributed by atoms with Gasteiger partial charge in [-0.05, 0) is 44.8 Å². The first kappa shape index (κ1) is 15.7. The molecule has 4 nitrogen and oxygen atoms in total.